The van der Waals surface area contributed by atoms with E-state index < -0.39 is 4.92 Å². The second-order valence-electron chi connectivity index (χ2n) is 5.11. The van der Waals surface area contributed by atoms with E-state index in [2.05, 4.69) is 20.2 Å². The largest absolute Gasteiger partial charge is 0.368 e. The molecule has 3 fully saturated rings. The zero-order chi connectivity index (χ0) is 13.4. The first-order valence-corrected chi connectivity index (χ1v) is 6.39. The predicted molar refractivity (Wildman–Crippen MR) is 69.7 cm³/mol. The topological polar surface area (TPSA) is 110 Å². The SMILES string of the molecule is Nc1ncc([N+](=O)[O-])c(NC2CN3CCC2CC3)n1. The molecule has 0 aromatic carbocycles. The van der Waals surface area contributed by atoms with Gasteiger partial charge in [-0.1, -0.05) is 0 Å². The van der Waals surface area contributed by atoms with Gasteiger partial charge in [-0.25, -0.2) is 4.98 Å². The average Bonchev–Trinajstić information content (AvgIpc) is 2.40. The van der Waals surface area contributed by atoms with Crippen molar-refractivity contribution in [3.63, 3.8) is 0 Å². The summed E-state index contributed by atoms with van der Waals surface area (Å²) in [5.74, 6) is 0.839. The van der Waals surface area contributed by atoms with Crippen LogP contribution in [0.5, 0.6) is 0 Å². The smallest absolute Gasteiger partial charge is 0.329 e. The van der Waals surface area contributed by atoms with Crippen LogP contribution in [-0.4, -0.2) is 45.5 Å². The second kappa shape index (κ2) is 4.61. The molecule has 3 N–H and O–H groups in total. The summed E-state index contributed by atoms with van der Waals surface area (Å²) in [6.07, 6.45) is 3.42. The number of nitrogens with two attached hydrogens (primary N) is 1. The quantitative estimate of drug-likeness (QED) is 0.603. The highest BCUT2D eigenvalue weighted by molar-refractivity contribution is 5.57. The minimum Gasteiger partial charge on any atom is -0.368 e. The molecule has 1 aromatic heterocycles. The molecular weight excluding hydrogens is 248 g/mol. The van der Waals surface area contributed by atoms with Crippen molar-refractivity contribution in [1.82, 2.24) is 14.9 Å². The molecule has 0 saturated carbocycles. The van der Waals surface area contributed by atoms with Crippen molar-refractivity contribution in [1.29, 1.82) is 0 Å². The van der Waals surface area contributed by atoms with Gasteiger partial charge in [-0.3, -0.25) is 10.1 Å². The molecule has 8 heteroatoms. The summed E-state index contributed by atoms with van der Waals surface area (Å²) in [7, 11) is 0. The lowest BCUT2D eigenvalue weighted by Crippen LogP contribution is -2.53. The Kier molecular flexibility index (Phi) is 2.94. The first-order valence-electron chi connectivity index (χ1n) is 6.39. The molecule has 102 valence electrons. The number of rotatable bonds is 3. The summed E-state index contributed by atoms with van der Waals surface area (Å²) in [5.41, 5.74) is 5.39. The Morgan fingerprint density at radius 1 is 1.47 bits per heavy atom. The summed E-state index contributed by atoms with van der Waals surface area (Å²) in [5, 5.41) is 14.2. The van der Waals surface area contributed by atoms with Gasteiger partial charge in [0, 0.05) is 12.6 Å². The lowest BCUT2D eigenvalue weighted by molar-refractivity contribution is -0.384. The molecule has 0 aliphatic carbocycles. The van der Waals surface area contributed by atoms with Crippen LogP contribution in [0.3, 0.4) is 0 Å². The minimum atomic E-state index is -0.483. The molecule has 1 aromatic rings. The highest BCUT2D eigenvalue weighted by Crippen LogP contribution is 2.31. The van der Waals surface area contributed by atoms with Gasteiger partial charge in [-0.2, -0.15) is 4.98 Å². The van der Waals surface area contributed by atoms with Gasteiger partial charge >= 0.3 is 5.69 Å². The Labute approximate surface area is 110 Å². The molecule has 4 heterocycles. The van der Waals surface area contributed by atoms with Gasteiger partial charge in [-0.15, -0.1) is 0 Å². The molecule has 0 radical (unpaired) electrons. The number of hydrogen-bond donors (Lipinski definition) is 2. The zero-order valence-electron chi connectivity index (χ0n) is 10.5. The van der Waals surface area contributed by atoms with Crippen molar-refractivity contribution in [2.45, 2.75) is 18.9 Å². The van der Waals surface area contributed by atoms with Gasteiger partial charge in [-0.05, 0) is 31.8 Å². The maximum atomic E-state index is 11.0. The number of nitrogen functional groups attached to an aromatic ring is 1. The maximum Gasteiger partial charge on any atom is 0.329 e. The lowest BCUT2D eigenvalue weighted by atomic mass is 9.84. The Balaban J connectivity index is 1.83. The normalized spacial score (nSPS) is 29.2. The molecule has 0 amide bonds. The number of nitro groups is 1. The molecule has 0 spiro atoms. The molecule has 1 atom stereocenters. The second-order valence-corrected chi connectivity index (χ2v) is 5.11. The van der Waals surface area contributed by atoms with Crippen LogP contribution in [0.1, 0.15) is 12.8 Å². The van der Waals surface area contributed by atoms with Crippen LogP contribution in [0.4, 0.5) is 17.5 Å². The number of aromatic nitrogens is 2. The van der Waals surface area contributed by atoms with Gasteiger partial charge in [0.2, 0.25) is 11.8 Å². The number of fused-ring (bicyclic) bond motifs is 3. The fourth-order valence-corrected chi connectivity index (χ4v) is 2.93. The monoisotopic (exact) mass is 264 g/mol. The fourth-order valence-electron chi connectivity index (χ4n) is 2.93. The van der Waals surface area contributed by atoms with Crippen LogP contribution in [0.2, 0.25) is 0 Å². The molecule has 3 aliphatic rings. The van der Waals surface area contributed by atoms with Crippen LogP contribution in [0.15, 0.2) is 6.20 Å². The van der Waals surface area contributed by atoms with E-state index >= 15 is 0 Å². The summed E-state index contributed by atoms with van der Waals surface area (Å²) < 4.78 is 0. The molecule has 8 nitrogen and oxygen atoms in total. The summed E-state index contributed by atoms with van der Waals surface area (Å²) in [6.45, 7) is 3.15. The molecule has 19 heavy (non-hydrogen) atoms. The van der Waals surface area contributed by atoms with E-state index in [-0.39, 0.29) is 23.5 Å². The van der Waals surface area contributed by atoms with E-state index in [1.807, 2.05) is 0 Å². The summed E-state index contributed by atoms with van der Waals surface area (Å²) in [6, 6.07) is 0.204. The number of nitrogens with zero attached hydrogens (tertiary/aromatic N) is 4. The highest BCUT2D eigenvalue weighted by Gasteiger charge is 2.35. The lowest BCUT2D eigenvalue weighted by Gasteiger charge is -2.45. The number of nitrogens with one attached hydrogen (secondary N) is 1. The van der Waals surface area contributed by atoms with Gasteiger partial charge in [0.05, 0.1) is 4.92 Å². The Morgan fingerprint density at radius 3 is 2.79 bits per heavy atom. The van der Waals surface area contributed by atoms with Crippen molar-refractivity contribution in [2.75, 3.05) is 30.7 Å². The standard InChI is InChI=1S/C11H16N6O2/c12-11-13-5-9(17(18)19)10(15-11)14-8-6-16-3-1-7(8)2-4-16/h5,7-8H,1-4,6H2,(H3,12,13,14,15). The van der Waals surface area contributed by atoms with Crippen molar-refractivity contribution in [3.8, 4) is 0 Å². The summed E-state index contributed by atoms with van der Waals surface area (Å²) in [4.78, 5) is 20.5. The Morgan fingerprint density at radius 2 is 2.21 bits per heavy atom. The van der Waals surface area contributed by atoms with Crippen molar-refractivity contribution < 1.29 is 4.92 Å². The average molecular weight is 264 g/mol. The zero-order valence-corrected chi connectivity index (χ0v) is 10.5. The molecule has 1 unspecified atom stereocenters. The third-order valence-electron chi connectivity index (χ3n) is 3.96. The number of anilines is 2. The number of hydrogen-bond acceptors (Lipinski definition) is 7. The predicted octanol–water partition coefficient (Wildman–Crippen LogP) is 0.473. The van der Waals surface area contributed by atoms with Crippen LogP contribution >= 0.6 is 0 Å². The van der Waals surface area contributed by atoms with Crippen molar-refractivity contribution >= 4 is 17.5 Å². The highest BCUT2D eigenvalue weighted by atomic mass is 16.6. The third-order valence-corrected chi connectivity index (χ3v) is 3.96. The first kappa shape index (κ1) is 12.1. The van der Waals surface area contributed by atoms with Crippen LogP contribution in [0.25, 0.3) is 0 Å². The van der Waals surface area contributed by atoms with E-state index in [0.717, 1.165) is 38.7 Å². The van der Waals surface area contributed by atoms with Crippen molar-refractivity contribution in [3.05, 3.63) is 16.3 Å². The summed E-state index contributed by atoms with van der Waals surface area (Å²) >= 11 is 0. The first-order chi connectivity index (χ1) is 9.13. The molecule has 4 rings (SSSR count). The van der Waals surface area contributed by atoms with Crippen LogP contribution in [0, 0.1) is 16.0 Å². The van der Waals surface area contributed by atoms with Gasteiger partial charge in [0.15, 0.2) is 0 Å². The molecule has 2 bridgehead atoms. The van der Waals surface area contributed by atoms with E-state index in [1.54, 1.807) is 0 Å². The maximum absolute atomic E-state index is 11.0. The fraction of sp³-hybridized carbons (Fsp3) is 0.636. The molecular formula is C11H16N6O2. The van der Waals surface area contributed by atoms with E-state index in [1.165, 1.54) is 0 Å². The van der Waals surface area contributed by atoms with Crippen molar-refractivity contribution in [2.24, 2.45) is 5.92 Å². The van der Waals surface area contributed by atoms with Crippen LogP contribution in [-0.2, 0) is 0 Å². The third kappa shape index (κ3) is 2.30. The molecule has 3 saturated heterocycles. The van der Waals surface area contributed by atoms with Gasteiger partial charge < -0.3 is 16.0 Å². The minimum absolute atomic E-state index is 0.0503. The van der Waals surface area contributed by atoms with Gasteiger partial charge in [0.25, 0.3) is 0 Å². The Bertz CT molecular complexity index is 500. The molecule has 3 aliphatic heterocycles. The van der Waals surface area contributed by atoms with E-state index in [4.69, 9.17) is 5.73 Å². The van der Waals surface area contributed by atoms with E-state index in [9.17, 15) is 10.1 Å². The van der Waals surface area contributed by atoms with E-state index in [0.29, 0.717) is 5.92 Å². The van der Waals surface area contributed by atoms with Crippen LogP contribution < -0.4 is 11.1 Å². The van der Waals surface area contributed by atoms with Gasteiger partial charge in [0.1, 0.15) is 6.20 Å². The number of piperidine rings is 3. The Hall–Kier alpha value is -1.96.